The van der Waals surface area contributed by atoms with E-state index in [-0.39, 0.29) is 24.2 Å². The van der Waals surface area contributed by atoms with Crippen molar-refractivity contribution in [3.8, 4) is 0 Å². The minimum atomic E-state index is -4.61. The average Bonchev–Trinajstić information content (AvgIpc) is 2.72. The molecule has 154 valence electrons. The maximum absolute atomic E-state index is 13.4. The Kier molecular flexibility index (Phi) is 5.21. The van der Waals surface area contributed by atoms with E-state index >= 15 is 0 Å². The van der Waals surface area contributed by atoms with Crippen LogP contribution in [0.2, 0.25) is 0 Å². The second kappa shape index (κ2) is 7.97. The zero-order valence-corrected chi connectivity index (χ0v) is 15.6. The normalized spacial score (nSPS) is 13.4. The smallest absolute Gasteiger partial charge is 0.364 e. The van der Waals surface area contributed by atoms with E-state index in [0.29, 0.717) is 29.9 Å². The van der Waals surface area contributed by atoms with Crippen molar-refractivity contribution in [3.05, 3.63) is 65.6 Å². The third-order valence-corrected chi connectivity index (χ3v) is 4.52. The zero-order valence-electron chi connectivity index (χ0n) is 15.6. The van der Waals surface area contributed by atoms with Gasteiger partial charge in [0.25, 0.3) is 0 Å². The fourth-order valence-corrected chi connectivity index (χ4v) is 3.04. The summed E-state index contributed by atoms with van der Waals surface area (Å²) in [5.41, 5.74) is 1.81. The predicted octanol–water partition coefficient (Wildman–Crippen LogP) is 4.13. The highest BCUT2D eigenvalue weighted by Crippen LogP contribution is 2.34. The topological polar surface area (TPSA) is 91.8 Å². The summed E-state index contributed by atoms with van der Waals surface area (Å²) in [6, 6.07) is 10.5. The van der Waals surface area contributed by atoms with Gasteiger partial charge in [-0.05, 0) is 36.2 Å². The van der Waals surface area contributed by atoms with Crippen molar-refractivity contribution in [3.63, 3.8) is 0 Å². The van der Waals surface area contributed by atoms with Crippen LogP contribution in [0.4, 0.5) is 36.3 Å². The van der Waals surface area contributed by atoms with Gasteiger partial charge in [0.05, 0.1) is 12.2 Å². The van der Waals surface area contributed by atoms with Crippen LogP contribution in [0.5, 0.6) is 0 Å². The number of aromatic nitrogens is 3. The highest BCUT2D eigenvalue weighted by Gasteiger charge is 2.35. The van der Waals surface area contributed by atoms with Gasteiger partial charge in [-0.15, -0.1) is 0 Å². The fourth-order valence-electron chi connectivity index (χ4n) is 3.04. The van der Waals surface area contributed by atoms with Gasteiger partial charge < -0.3 is 16.0 Å². The first-order valence-electron chi connectivity index (χ1n) is 9.16. The maximum Gasteiger partial charge on any atom is 0.421 e. The lowest BCUT2D eigenvalue weighted by Crippen LogP contribution is -2.19. The molecule has 3 N–H and O–H groups in total. The maximum atomic E-state index is 13.4. The van der Waals surface area contributed by atoms with Gasteiger partial charge in [-0.2, -0.15) is 18.2 Å². The summed E-state index contributed by atoms with van der Waals surface area (Å²) in [6.45, 7) is 0.0747. The molecular weight excluding hydrogens is 397 g/mol. The molecule has 1 amide bonds. The minimum absolute atomic E-state index is 0.00592. The van der Waals surface area contributed by atoms with Gasteiger partial charge in [-0.25, -0.2) is 4.98 Å². The Morgan fingerprint density at radius 2 is 1.97 bits per heavy atom. The number of aryl methyl sites for hydroxylation is 1. The minimum Gasteiger partial charge on any atom is -0.364 e. The van der Waals surface area contributed by atoms with Gasteiger partial charge in [-0.3, -0.25) is 9.78 Å². The molecule has 1 aromatic carbocycles. The van der Waals surface area contributed by atoms with Crippen LogP contribution in [0.25, 0.3) is 0 Å². The number of fused-ring (bicyclic) bond motifs is 1. The van der Waals surface area contributed by atoms with Crippen molar-refractivity contribution >= 4 is 29.0 Å². The summed E-state index contributed by atoms with van der Waals surface area (Å²) in [5, 5.41) is 8.35. The Labute approximate surface area is 169 Å². The molecule has 0 fully saturated rings. The van der Waals surface area contributed by atoms with Gasteiger partial charge in [0, 0.05) is 30.2 Å². The van der Waals surface area contributed by atoms with Crippen molar-refractivity contribution in [2.24, 2.45) is 0 Å². The van der Waals surface area contributed by atoms with E-state index in [2.05, 4.69) is 30.9 Å². The number of benzene rings is 1. The van der Waals surface area contributed by atoms with Crippen LogP contribution in [0.1, 0.15) is 23.2 Å². The molecular formula is C20H17F3N6O. The summed E-state index contributed by atoms with van der Waals surface area (Å²) in [6.07, 6.45) is -1.26. The van der Waals surface area contributed by atoms with Crippen LogP contribution in [-0.4, -0.2) is 20.9 Å². The highest BCUT2D eigenvalue weighted by atomic mass is 19.4. The Morgan fingerprint density at radius 3 is 2.73 bits per heavy atom. The Balaban J connectivity index is 1.58. The van der Waals surface area contributed by atoms with E-state index in [1.807, 2.05) is 6.07 Å². The molecule has 3 aromatic rings. The third kappa shape index (κ3) is 4.48. The molecule has 0 spiro atoms. The molecule has 3 heterocycles. The van der Waals surface area contributed by atoms with Gasteiger partial charge >= 0.3 is 6.18 Å². The number of nitrogens with zero attached hydrogens (tertiary/aromatic N) is 3. The molecule has 0 saturated heterocycles. The number of carbonyl (C=O) groups is 1. The van der Waals surface area contributed by atoms with Crippen molar-refractivity contribution in [1.82, 2.24) is 15.0 Å². The van der Waals surface area contributed by atoms with E-state index in [1.54, 1.807) is 36.5 Å². The van der Waals surface area contributed by atoms with Crippen molar-refractivity contribution in [1.29, 1.82) is 0 Å². The number of hydrogen-bond acceptors (Lipinski definition) is 6. The molecule has 0 saturated carbocycles. The summed E-state index contributed by atoms with van der Waals surface area (Å²) in [4.78, 5) is 23.5. The lowest BCUT2D eigenvalue weighted by atomic mass is 10.0. The molecule has 0 unspecified atom stereocenters. The largest absolute Gasteiger partial charge is 0.421 e. The Hall–Kier alpha value is -3.69. The number of carbonyl (C=O) groups excluding carboxylic acids is 1. The van der Waals surface area contributed by atoms with Crippen LogP contribution in [0.3, 0.4) is 0 Å². The molecule has 30 heavy (non-hydrogen) atoms. The SMILES string of the molecule is O=C1CCc2ccc(Nc3ncc(C(F)(F)F)c(NCc4ccccn4)n3)cc2N1. The standard InChI is InChI=1S/C20H17F3N6O/c21-20(22,23)15-11-26-19(29-18(15)25-10-14-3-1-2-8-24-14)27-13-6-4-12-5-7-17(30)28-16(12)9-13/h1-4,6,8-9,11H,5,7,10H2,(H,28,30)(H2,25,26,27,29). The number of halogens is 3. The third-order valence-electron chi connectivity index (χ3n) is 4.52. The lowest BCUT2D eigenvalue weighted by Gasteiger charge is -2.18. The Morgan fingerprint density at radius 1 is 1.10 bits per heavy atom. The molecule has 0 radical (unpaired) electrons. The number of alkyl halides is 3. The summed E-state index contributed by atoms with van der Waals surface area (Å²) < 4.78 is 40.1. The van der Waals surface area contributed by atoms with E-state index in [9.17, 15) is 18.0 Å². The first-order valence-corrected chi connectivity index (χ1v) is 9.16. The monoisotopic (exact) mass is 414 g/mol. The molecule has 0 atom stereocenters. The molecule has 0 bridgehead atoms. The number of rotatable bonds is 5. The summed E-state index contributed by atoms with van der Waals surface area (Å²) >= 11 is 0. The second-order valence-corrected chi connectivity index (χ2v) is 6.67. The Bertz CT molecular complexity index is 1070. The van der Waals surface area contributed by atoms with Crippen LogP contribution in [0.15, 0.2) is 48.8 Å². The molecule has 10 heteroatoms. The molecule has 7 nitrogen and oxygen atoms in total. The quantitative estimate of drug-likeness (QED) is 0.582. The first-order chi connectivity index (χ1) is 14.4. The van der Waals surface area contributed by atoms with Crippen molar-refractivity contribution in [2.75, 3.05) is 16.0 Å². The molecule has 0 aliphatic carbocycles. The second-order valence-electron chi connectivity index (χ2n) is 6.67. The fraction of sp³-hybridized carbons (Fsp3) is 0.200. The number of amides is 1. The number of hydrogen-bond donors (Lipinski definition) is 3. The van der Waals surface area contributed by atoms with Gasteiger partial charge in [0.1, 0.15) is 11.4 Å². The van der Waals surface area contributed by atoms with Crippen LogP contribution >= 0.6 is 0 Å². The van der Waals surface area contributed by atoms with Crippen LogP contribution in [0, 0.1) is 0 Å². The van der Waals surface area contributed by atoms with E-state index in [4.69, 9.17) is 0 Å². The van der Waals surface area contributed by atoms with E-state index < -0.39 is 11.7 Å². The number of nitrogens with one attached hydrogen (secondary N) is 3. The first kappa shape index (κ1) is 19.6. The molecule has 2 aromatic heterocycles. The summed E-state index contributed by atoms with van der Waals surface area (Å²) in [5.74, 6) is -0.433. The van der Waals surface area contributed by atoms with Crippen molar-refractivity contribution in [2.45, 2.75) is 25.6 Å². The number of pyridine rings is 1. The molecule has 1 aliphatic heterocycles. The van der Waals surface area contributed by atoms with Gasteiger partial charge in [0.15, 0.2) is 0 Å². The highest BCUT2D eigenvalue weighted by molar-refractivity contribution is 5.94. The lowest BCUT2D eigenvalue weighted by molar-refractivity contribution is -0.137. The summed E-state index contributed by atoms with van der Waals surface area (Å²) in [7, 11) is 0. The average molecular weight is 414 g/mol. The number of anilines is 4. The van der Waals surface area contributed by atoms with Crippen LogP contribution < -0.4 is 16.0 Å². The van der Waals surface area contributed by atoms with Crippen LogP contribution in [-0.2, 0) is 23.9 Å². The van der Waals surface area contributed by atoms with Gasteiger partial charge in [0.2, 0.25) is 11.9 Å². The molecule has 4 rings (SSSR count). The molecule has 1 aliphatic rings. The van der Waals surface area contributed by atoms with E-state index in [0.717, 1.165) is 11.8 Å². The van der Waals surface area contributed by atoms with Gasteiger partial charge in [-0.1, -0.05) is 12.1 Å². The van der Waals surface area contributed by atoms with E-state index in [1.165, 1.54) is 0 Å². The van der Waals surface area contributed by atoms with Crippen molar-refractivity contribution < 1.29 is 18.0 Å². The predicted molar refractivity (Wildman–Crippen MR) is 105 cm³/mol. The zero-order chi connectivity index (χ0) is 21.1.